The van der Waals surface area contributed by atoms with Gasteiger partial charge in [-0.2, -0.15) is 5.10 Å². The molecule has 0 saturated carbocycles. The van der Waals surface area contributed by atoms with Gasteiger partial charge in [-0.15, -0.1) is 0 Å². The Morgan fingerprint density at radius 2 is 1.73 bits per heavy atom. The molecule has 5 heterocycles. The number of carbonyl (C=O) groups is 1. The van der Waals surface area contributed by atoms with E-state index in [4.69, 9.17) is 0 Å². The lowest BCUT2D eigenvalue weighted by Gasteiger charge is -2.42. The van der Waals surface area contributed by atoms with Crippen LogP contribution >= 0.6 is 0 Å². The number of nitrogens with zero attached hydrogens (tertiary/aromatic N) is 6. The maximum atomic E-state index is 14.2. The van der Waals surface area contributed by atoms with Gasteiger partial charge < -0.3 is 4.90 Å². The standard InChI is InChI=1S/C26H32N6O/c1-20(2)32-24(10-14-29-32)23-18-30(16-21-8-3-5-12-27-21)19-26(23)11-7-15-31(25(26)33)17-22-9-4-6-13-28-22/h3-6,8-10,12-14,20,23H,7,11,15-19H2,1-2H3/t23-,26+/m0/s1. The SMILES string of the molecule is CC(C)n1nccc1[C@@H]1CN(Cc2ccccn2)C[C@]12CCCN(Cc1ccccn1)C2=O. The quantitative estimate of drug-likeness (QED) is 0.580. The highest BCUT2D eigenvalue weighted by atomic mass is 16.2. The Hall–Kier alpha value is -3.06. The average molecular weight is 445 g/mol. The van der Waals surface area contributed by atoms with Gasteiger partial charge in [0.2, 0.25) is 5.91 Å². The molecular weight excluding hydrogens is 412 g/mol. The van der Waals surface area contributed by atoms with Gasteiger partial charge in [-0.3, -0.25) is 24.3 Å². The molecule has 1 amide bonds. The Kier molecular flexibility index (Phi) is 5.98. The summed E-state index contributed by atoms with van der Waals surface area (Å²) < 4.78 is 2.10. The van der Waals surface area contributed by atoms with E-state index >= 15 is 0 Å². The van der Waals surface area contributed by atoms with E-state index in [0.29, 0.717) is 6.54 Å². The molecule has 2 aliphatic rings. The van der Waals surface area contributed by atoms with Gasteiger partial charge in [0, 0.05) is 62.4 Å². The zero-order valence-corrected chi connectivity index (χ0v) is 19.5. The van der Waals surface area contributed by atoms with Gasteiger partial charge in [0.1, 0.15) is 0 Å². The van der Waals surface area contributed by atoms with Crippen LogP contribution in [0.15, 0.2) is 61.1 Å². The molecule has 3 aromatic rings. The third-order valence-electron chi connectivity index (χ3n) is 7.12. The van der Waals surface area contributed by atoms with Crippen LogP contribution < -0.4 is 0 Å². The fraction of sp³-hybridized carbons (Fsp3) is 0.462. The molecule has 2 saturated heterocycles. The van der Waals surface area contributed by atoms with E-state index in [2.05, 4.69) is 50.6 Å². The van der Waals surface area contributed by atoms with Crippen molar-refractivity contribution in [3.63, 3.8) is 0 Å². The van der Waals surface area contributed by atoms with Crippen molar-refractivity contribution in [2.24, 2.45) is 5.41 Å². The van der Waals surface area contributed by atoms with Crippen molar-refractivity contribution in [2.75, 3.05) is 19.6 Å². The predicted octanol–water partition coefficient (Wildman–Crippen LogP) is 3.66. The first-order chi connectivity index (χ1) is 16.1. The summed E-state index contributed by atoms with van der Waals surface area (Å²) in [6.45, 7) is 7.99. The monoisotopic (exact) mass is 444 g/mol. The van der Waals surface area contributed by atoms with Crippen molar-refractivity contribution in [1.29, 1.82) is 0 Å². The van der Waals surface area contributed by atoms with E-state index in [9.17, 15) is 4.79 Å². The molecule has 33 heavy (non-hydrogen) atoms. The summed E-state index contributed by atoms with van der Waals surface area (Å²) in [5.74, 6) is 0.356. The first-order valence-electron chi connectivity index (χ1n) is 11.9. The first kappa shape index (κ1) is 21.8. The highest BCUT2D eigenvalue weighted by molar-refractivity contribution is 5.85. The zero-order chi connectivity index (χ0) is 22.8. The summed E-state index contributed by atoms with van der Waals surface area (Å²) >= 11 is 0. The van der Waals surface area contributed by atoms with Crippen LogP contribution in [0.4, 0.5) is 0 Å². The second-order valence-corrected chi connectivity index (χ2v) is 9.65. The van der Waals surface area contributed by atoms with Crippen LogP contribution in [0, 0.1) is 5.41 Å². The maximum absolute atomic E-state index is 14.2. The average Bonchev–Trinajstić information content (AvgIpc) is 3.44. The molecule has 0 N–H and O–H groups in total. The van der Waals surface area contributed by atoms with Crippen molar-refractivity contribution in [3.05, 3.63) is 78.1 Å². The fourth-order valence-corrected chi connectivity index (χ4v) is 5.67. The Morgan fingerprint density at radius 3 is 2.39 bits per heavy atom. The number of pyridine rings is 2. The molecule has 5 rings (SSSR count). The zero-order valence-electron chi connectivity index (χ0n) is 19.5. The van der Waals surface area contributed by atoms with Crippen LogP contribution in [-0.2, 0) is 17.9 Å². The molecule has 0 radical (unpaired) electrons. The van der Waals surface area contributed by atoms with Crippen molar-refractivity contribution in [3.8, 4) is 0 Å². The Labute approximate surface area is 195 Å². The molecule has 3 aromatic heterocycles. The topological polar surface area (TPSA) is 67.2 Å². The van der Waals surface area contributed by atoms with Crippen LogP contribution in [0.3, 0.4) is 0 Å². The van der Waals surface area contributed by atoms with Crippen LogP contribution in [-0.4, -0.2) is 55.1 Å². The molecule has 0 aliphatic carbocycles. The first-order valence-corrected chi connectivity index (χ1v) is 11.9. The van der Waals surface area contributed by atoms with Gasteiger partial charge >= 0.3 is 0 Å². The minimum absolute atomic E-state index is 0.102. The molecule has 1 spiro atoms. The number of amides is 1. The number of piperidine rings is 1. The summed E-state index contributed by atoms with van der Waals surface area (Å²) in [4.78, 5) is 27.6. The molecule has 172 valence electrons. The summed E-state index contributed by atoms with van der Waals surface area (Å²) in [6.07, 6.45) is 7.42. The van der Waals surface area contributed by atoms with E-state index in [1.165, 1.54) is 5.69 Å². The van der Waals surface area contributed by atoms with E-state index < -0.39 is 5.41 Å². The largest absolute Gasteiger partial charge is 0.336 e. The molecule has 0 unspecified atom stereocenters. The Balaban J connectivity index is 1.48. The smallest absolute Gasteiger partial charge is 0.231 e. The third-order valence-corrected chi connectivity index (χ3v) is 7.12. The second-order valence-electron chi connectivity index (χ2n) is 9.65. The van der Waals surface area contributed by atoms with Gasteiger partial charge in [-0.1, -0.05) is 12.1 Å². The van der Waals surface area contributed by atoms with E-state index in [-0.39, 0.29) is 17.9 Å². The van der Waals surface area contributed by atoms with Gasteiger partial charge in [0.25, 0.3) is 0 Å². The number of rotatable bonds is 6. The van der Waals surface area contributed by atoms with Crippen LogP contribution in [0.5, 0.6) is 0 Å². The highest BCUT2D eigenvalue weighted by Crippen LogP contribution is 2.50. The predicted molar refractivity (Wildman–Crippen MR) is 126 cm³/mol. The Morgan fingerprint density at radius 1 is 1.00 bits per heavy atom. The lowest BCUT2D eigenvalue weighted by atomic mass is 9.70. The molecular formula is C26H32N6O. The van der Waals surface area contributed by atoms with Crippen LogP contribution in [0.25, 0.3) is 0 Å². The molecule has 0 bridgehead atoms. The van der Waals surface area contributed by atoms with Crippen LogP contribution in [0.2, 0.25) is 0 Å². The molecule has 7 heteroatoms. The minimum atomic E-state index is -0.450. The van der Waals surface area contributed by atoms with Crippen molar-refractivity contribution in [2.45, 2.75) is 51.7 Å². The number of hydrogen-bond acceptors (Lipinski definition) is 5. The van der Waals surface area contributed by atoms with Gasteiger partial charge in [0.15, 0.2) is 0 Å². The van der Waals surface area contributed by atoms with Gasteiger partial charge in [-0.25, -0.2) is 0 Å². The fourth-order valence-electron chi connectivity index (χ4n) is 5.67. The van der Waals surface area contributed by atoms with Crippen molar-refractivity contribution < 1.29 is 4.79 Å². The lowest BCUT2D eigenvalue weighted by molar-refractivity contribution is -0.147. The molecule has 2 atom stereocenters. The maximum Gasteiger partial charge on any atom is 0.231 e. The summed E-state index contributed by atoms with van der Waals surface area (Å²) in [7, 11) is 0. The van der Waals surface area contributed by atoms with Gasteiger partial charge in [0.05, 0.1) is 23.3 Å². The summed E-state index contributed by atoms with van der Waals surface area (Å²) in [6, 6.07) is 14.3. The second kappa shape index (κ2) is 9.06. The summed E-state index contributed by atoms with van der Waals surface area (Å²) in [5.41, 5.74) is 2.70. The molecule has 0 aromatic carbocycles. The highest BCUT2D eigenvalue weighted by Gasteiger charge is 2.56. The molecule has 2 fully saturated rings. The van der Waals surface area contributed by atoms with Crippen molar-refractivity contribution in [1.82, 2.24) is 29.5 Å². The minimum Gasteiger partial charge on any atom is -0.336 e. The number of hydrogen-bond donors (Lipinski definition) is 0. The third kappa shape index (κ3) is 4.17. The van der Waals surface area contributed by atoms with Crippen LogP contribution in [0.1, 0.15) is 55.7 Å². The number of carbonyl (C=O) groups excluding carboxylic acids is 1. The molecule has 7 nitrogen and oxygen atoms in total. The van der Waals surface area contributed by atoms with Crippen molar-refractivity contribution >= 4 is 5.91 Å². The van der Waals surface area contributed by atoms with E-state index in [1.807, 2.05) is 47.6 Å². The number of aromatic nitrogens is 4. The van der Waals surface area contributed by atoms with E-state index in [1.54, 1.807) is 6.20 Å². The van der Waals surface area contributed by atoms with E-state index in [0.717, 1.165) is 50.4 Å². The molecule has 2 aliphatic heterocycles. The normalized spacial score (nSPS) is 23.7. The number of likely N-dealkylation sites (tertiary alicyclic amines) is 2. The lowest BCUT2D eigenvalue weighted by Crippen LogP contribution is -2.52. The van der Waals surface area contributed by atoms with Gasteiger partial charge in [-0.05, 0) is 57.0 Å². The summed E-state index contributed by atoms with van der Waals surface area (Å²) in [5, 5.41) is 4.61. The Bertz CT molecular complexity index is 1080.